The van der Waals surface area contributed by atoms with Crippen LogP contribution < -0.4 is 5.43 Å². The molecule has 0 aliphatic rings. The van der Waals surface area contributed by atoms with Crippen molar-refractivity contribution in [3.05, 3.63) is 36.0 Å². The predicted octanol–water partition coefficient (Wildman–Crippen LogP) is 3.46. The van der Waals surface area contributed by atoms with Crippen LogP contribution in [0.2, 0.25) is 0 Å². The highest BCUT2D eigenvalue weighted by atomic mass is 16.2. The van der Waals surface area contributed by atoms with E-state index in [1.165, 1.54) is 0 Å². The third-order valence-electron chi connectivity index (χ3n) is 3.07. The lowest BCUT2D eigenvalue weighted by molar-refractivity contribution is 0.0956. The fourth-order valence-corrected chi connectivity index (χ4v) is 1.95. The summed E-state index contributed by atoms with van der Waals surface area (Å²) in [5.41, 5.74) is 5.15. The van der Waals surface area contributed by atoms with E-state index >= 15 is 0 Å². The smallest absolute Gasteiger partial charge is 0.273 e. The fourth-order valence-electron chi connectivity index (χ4n) is 1.95. The number of benzene rings is 1. The van der Waals surface area contributed by atoms with E-state index in [2.05, 4.69) is 22.4 Å². The Hall–Kier alpha value is -2.10. The molecule has 2 rings (SSSR count). The Balaban J connectivity index is 2.08. The molecule has 0 aliphatic heterocycles. The average Bonchev–Trinajstić information content (AvgIpc) is 2.86. The Morgan fingerprint density at radius 2 is 2.16 bits per heavy atom. The second-order valence-corrected chi connectivity index (χ2v) is 4.64. The van der Waals surface area contributed by atoms with Crippen LogP contribution in [-0.4, -0.2) is 16.6 Å². The van der Waals surface area contributed by atoms with Gasteiger partial charge in [-0.05, 0) is 25.8 Å². The van der Waals surface area contributed by atoms with Gasteiger partial charge in [-0.15, -0.1) is 0 Å². The molecular formula is C15H19N3O. The van der Waals surface area contributed by atoms with Crippen LogP contribution in [-0.2, 0) is 0 Å². The summed E-state index contributed by atoms with van der Waals surface area (Å²) in [7, 11) is 0. The Kier molecular flexibility index (Phi) is 4.34. The number of unbranched alkanes of at least 4 members (excludes halogenated alkanes) is 1. The van der Waals surface area contributed by atoms with Gasteiger partial charge < -0.3 is 4.98 Å². The second-order valence-electron chi connectivity index (χ2n) is 4.64. The lowest BCUT2D eigenvalue weighted by Crippen LogP contribution is -2.18. The number of aromatic amines is 1. The van der Waals surface area contributed by atoms with Crippen molar-refractivity contribution in [1.29, 1.82) is 0 Å². The summed E-state index contributed by atoms with van der Waals surface area (Å²) in [6.45, 7) is 4.07. The minimum Gasteiger partial charge on any atom is -0.360 e. The van der Waals surface area contributed by atoms with Crippen LogP contribution in [0.25, 0.3) is 10.9 Å². The number of carbonyl (C=O) groups excluding carboxylic acids is 1. The Morgan fingerprint density at radius 3 is 2.95 bits per heavy atom. The third kappa shape index (κ3) is 3.22. The molecule has 0 unspecified atom stereocenters. The molecule has 1 heterocycles. The molecule has 0 aliphatic carbocycles. The van der Waals surface area contributed by atoms with Gasteiger partial charge in [-0.1, -0.05) is 31.5 Å². The molecule has 1 aromatic carbocycles. The highest BCUT2D eigenvalue weighted by Gasteiger charge is 2.10. The number of nitrogens with one attached hydrogen (secondary N) is 2. The van der Waals surface area contributed by atoms with E-state index < -0.39 is 0 Å². The number of aromatic nitrogens is 1. The standard InChI is InChI=1S/C15H19N3O/c1-3-4-7-11(2)17-18-15(19)13-10-16-14-9-6-5-8-12(13)14/h5-6,8-10,16H,3-4,7H2,1-2H3,(H,18,19). The number of fused-ring (bicyclic) bond motifs is 1. The molecule has 0 atom stereocenters. The maximum absolute atomic E-state index is 12.1. The molecule has 2 N–H and O–H groups in total. The zero-order valence-corrected chi connectivity index (χ0v) is 11.4. The summed E-state index contributed by atoms with van der Waals surface area (Å²) < 4.78 is 0. The number of rotatable bonds is 5. The topological polar surface area (TPSA) is 57.2 Å². The number of amides is 1. The van der Waals surface area contributed by atoms with Crippen LogP contribution in [0.5, 0.6) is 0 Å². The molecule has 2 aromatic rings. The van der Waals surface area contributed by atoms with Gasteiger partial charge in [0.25, 0.3) is 5.91 Å². The Bertz CT molecular complexity index is 598. The van der Waals surface area contributed by atoms with Crippen molar-refractivity contribution < 1.29 is 4.79 Å². The molecular weight excluding hydrogens is 238 g/mol. The van der Waals surface area contributed by atoms with Crippen molar-refractivity contribution in [2.24, 2.45) is 5.10 Å². The first kappa shape index (κ1) is 13.3. The third-order valence-corrected chi connectivity index (χ3v) is 3.07. The number of nitrogens with zero attached hydrogens (tertiary/aromatic N) is 1. The van der Waals surface area contributed by atoms with Gasteiger partial charge in [0.05, 0.1) is 5.56 Å². The summed E-state index contributed by atoms with van der Waals surface area (Å²) >= 11 is 0. The van der Waals surface area contributed by atoms with E-state index in [0.717, 1.165) is 35.9 Å². The lowest BCUT2D eigenvalue weighted by atomic mass is 10.2. The minimum absolute atomic E-state index is 0.173. The number of hydrogen-bond donors (Lipinski definition) is 2. The zero-order valence-electron chi connectivity index (χ0n) is 11.4. The number of H-pyrrole nitrogens is 1. The fraction of sp³-hybridized carbons (Fsp3) is 0.333. The molecule has 100 valence electrons. The van der Waals surface area contributed by atoms with Gasteiger partial charge in [0.15, 0.2) is 0 Å². The Morgan fingerprint density at radius 1 is 1.37 bits per heavy atom. The van der Waals surface area contributed by atoms with E-state index in [1.54, 1.807) is 6.20 Å². The first-order valence-corrected chi connectivity index (χ1v) is 6.62. The number of carbonyl (C=O) groups is 1. The lowest BCUT2D eigenvalue weighted by Gasteiger charge is -2.01. The van der Waals surface area contributed by atoms with Gasteiger partial charge in [0.2, 0.25) is 0 Å². The number of para-hydroxylation sites is 1. The van der Waals surface area contributed by atoms with E-state index in [0.29, 0.717) is 5.56 Å². The number of hydrazone groups is 1. The van der Waals surface area contributed by atoms with Crippen LogP contribution in [0, 0.1) is 0 Å². The molecule has 0 spiro atoms. The molecule has 19 heavy (non-hydrogen) atoms. The summed E-state index contributed by atoms with van der Waals surface area (Å²) in [4.78, 5) is 15.1. The molecule has 4 nitrogen and oxygen atoms in total. The van der Waals surface area contributed by atoms with Crippen molar-refractivity contribution in [2.75, 3.05) is 0 Å². The van der Waals surface area contributed by atoms with Crippen LogP contribution in [0.3, 0.4) is 0 Å². The maximum Gasteiger partial charge on any atom is 0.273 e. The molecule has 0 bridgehead atoms. The van der Waals surface area contributed by atoms with Crippen molar-refractivity contribution in [3.8, 4) is 0 Å². The van der Waals surface area contributed by atoms with Gasteiger partial charge in [0.1, 0.15) is 0 Å². The largest absolute Gasteiger partial charge is 0.360 e. The zero-order chi connectivity index (χ0) is 13.7. The quantitative estimate of drug-likeness (QED) is 0.625. The summed E-state index contributed by atoms with van der Waals surface area (Å²) in [6.07, 6.45) is 4.86. The van der Waals surface area contributed by atoms with Crippen LogP contribution >= 0.6 is 0 Å². The average molecular weight is 257 g/mol. The van der Waals surface area contributed by atoms with Gasteiger partial charge in [-0.3, -0.25) is 4.79 Å². The summed E-state index contributed by atoms with van der Waals surface area (Å²) in [5, 5.41) is 5.05. The van der Waals surface area contributed by atoms with Crippen LogP contribution in [0.15, 0.2) is 35.6 Å². The SMILES string of the molecule is CCCCC(C)=NNC(=O)c1c[nH]c2ccccc12. The molecule has 1 aromatic heterocycles. The van der Waals surface area contributed by atoms with E-state index in [-0.39, 0.29) is 5.91 Å². The van der Waals surface area contributed by atoms with Gasteiger partial charge in [0, 0.05) is 22.8 Å². The van der Waals surface area contributed by atoms with Gasteiger partial charge >= 0.3 is 0 Å². The van der Waals surface area contributed by atoms with Crippen molar-refractivity contribution in [1.82, 2.24) is 10.4 Å². The molecule has 0 saturated carbocycles. The Labute approximate surface area is 112 Å². The maximum atomic E-state index is 12.1. The molecule has 1 amide bonds. The first-order valence-electron chi connectivity index (χ1n) is 6.62. The van der Waals surface area contributed by atoms with Gasteiger partial charge in [-0.25, -0.2) is 5.43 Å². The molecule has 0 radical (unpaired) electrons. The second kappa shape index (κ2) is 6.18. The van der Waals surface area contributed by atoms with Crippen molar-refractivity contribution in [3.63, 3.8) is 0 Å². The van der Waals surface area contributed by atoms with E-state index in [4.69, 9.17) is 0 Å². The minimum atomic E-state index is -0.173. The normalized spacial score (nSPS) is 11.8. The van der Waals surface area contributed by atoms with Crippen LogP contribution in [0.4, 0.5) is 0 Å². The molecule has 0 fully saturated rings. The van der Waals surface area contributed by atoms with E-state index in [1.807, 2.05) is 31.2 Å². The number of hydrogen-bond acceptors (Lipinski definition) is 2. The van der Waals surface area contributed by atoms with Crippen LogP contribution in [0.1, 0.15) is 43.5 Å². The summed E-state index contributed by atoms with van der Waals surface area (Å²) in [5.74, 6) is -0.173. The first-order chi connectivity index (χ1) is 9.22. The van der Waals surface area contributed by atoms with Gasteiger partial charge in [-0.2, -0.15) is 5.10 Å². The monoisotopic (exact) mass is 257 g/mol. The van der Waals surface area contributed by atoms with E-state index in [9.17, 15) is 4.79 Å². The summed E-state index contributed by atoms with van der Waals surface area (Å²) in [6, 6.07) is 7.73. The predicted molar refractivity (Wildman–Crippen MR) is 78.4 cm³/mol. The molecule has 0 saturated heterocycles. The highest BCUT2D eigenvalue weighted by Crippen LogP contribution is 2.17. The molecule has 4 heteroatoms. The van der Waals surface area contributed by atoms with Crippen molar-refractivity contribution >= 4 is 22.5 Å². The van der Waals surface area contributed by atoms with Crippen molar-refractivity contribution in [2.45, 2.75) is 33.1 Å². The highest BCUT2D eigenvalue weighted by molar-refractivity contribution is 6.06.